The molecule has 1 aromatic heterocycles. The van der Waals surface area contributed by atoms with Gasteiger partial charge in [0.05, 0.1) is 42.4 Å². The minimum atomic E-state index is -1.94. The Morgan fingerprint density at radius 1 is 1.16 bits per heavy atom. The standard InChI is InChI=1S/C38H55N3O10/c1-24(17-13-10-11-14-18-28-22-40-27(4)50-28)32(43)36(5,6)34(45)39-20-16-12-15-19-29(42)25(2)21-30(49-9)38(47)26(3)33(44)41(7)37(38)31(23-48-8)51-35(37)46/h10-17,19,22,25-26,29-32,42-43,47H,18,20-21,23H2,1-9H3,(H,39,45)/b13-10+,14-11+,16-12+,19-15+,24-17-/t25-,26+,29+,30-,31-,32+,37+,38-/m1/s1. The summed E-state index contributed by atoms with van der Waals surface area (Å²) < 4.78 is 21.7. The molecular weight excluding hydrogens is 658 g/mol. The number of likely N-dealkylation sites (tertiary alicyclic amines) is 1. The maximum atomic E-state index is 13.1. The number of ether oxygens (including phenoxy) is 3. The molecule has 2 aliphatic rings. The van der Waals surface area contributed by atoms with E-state index in [1.165, 1.54) is 26.2 Å². The number of oxazole rings is 1. The number of hydrogen-bond acceptors (Lipinski definition) is 11. The number of likely N-dealkylation sites (N-methyl/N-ethyl adjacent to an activating group) is 1. The van der Waals surface area contributed by atoms with Gasteiger partial charge in [-0.3, -0.25) is 9.59 Å². The number of rotatable bonds is 18. The average Bonchev–Trinajstić information content (AvgIpc) is 3.58. The first-order valence-corrected chi connectivity index (χ1v) is 17.1. The first kappa shape index (κ1) is 41.5. The number of allylic oxidation sites excluding steroid dienone is 7. The van der Waals surface area contributed by atoms with Gasteiger partial charge in [-0.05, 0) is 38.7 Å². The third-order valence-electron chi connectivity index (χ3n) is 10.1. The van der Waals surface area contributed by atoms with Gasteiger partial charge in [-0.15, -0.1) is 0 Å². The van der Waals surface area contributed by atoms with Crippen molar-refractivity contribution in [3.05, 3.63) is 78.1 Å². The van der Waals surface area contributed by atoms with Gasteiger partial charge in [0, 0.05) is 41.2 Å². The highest BCUT2D eigenvalue weighted by molar-refractivity contribution is 6.00. The van der Waals surface area contributed by atoms with E-state index in [-0.39, 0.29) is 25.5 Å². The summed E-state index contributed by atoms with van der Waals surface area (Å²) in [6.07, 6.45) is 14.4. The molecule has 4 N–H and O–H groups in total. The van der Waals surface area contributed by atoms with Crippen molar-refractivity contribution in [1.29, 1.82) is 0 Å². The lowest BCUT2D eigenvalue weighted by Crippen LogP contribution is -2.81. The molecule has 13 heteroatoms. The number of methoxy groups -OCH3 is 2. The quantitative estimate of drug-likeness (QED) is 0.130. The van der Waals surface area contributed by atoms with E-state index in [2.05, 4.69) is 10.3 Å². The molecule has 2 aliphatic heterocycles. The van der Waals surface area contributed by atoms with E-state index in [0.29, 0.717) is 17.9 Å². The zero-order valence-electron chi connectivity index (χ0n) is 31.2. The molecule has 2 saturated heterocycles. The summed E-state index contributed by atoms with van der Waals surface area (Å²) in [7, 11) is 4.30. The summed E-state index contributed by atoms with van der Waals surface area (Å²) in [5.41, 5.74) is -4.08. The fourth-order valence-corrected chi connectivity index (χ4v) is 6.88. The number of aliphatic hydroxyl groups is 3. The van der Waals surface area contributed by atoms with Crippen LogP contribution in [-0.4, -0.2) is 113 Å². The molecule has 282 valence electrons. The molecule has 1 spiro atoms. The van der Waals surface area contributed by atoms with Crippen LogP contribution in [0.4, 0.5) is 0 Å². The van der Waals surface area contributed by atoms with Gasteiger partial charge in [0.1, 0.15) is 11.4 Å². The zero-order valence-corrected chi connectivity index (χ0v) is 31.2. The number of amides is 2. The van der Waals surface area contributed by atoms with Crippen molar-refractivity contribution in [3.63, 3.8) is 0 Å². The summed E-state index contributed by atoms with van der Waals surface area (Å²) in [6, 6.07) is 0. The Morgan fingerprint density at radius 3 is 2.45 bits per heavy atom. The molecule has 0 bridgehead atoms. The summed E-state index contributed by atoms with van der Waals surface area (Å²) in [5.74, 6) is -1.50. The number of nitrogens with one attached hydrogen (secondary N) is 1. The Bertz CT molecular complexity index is 1530. The minimum Gasteiger partial charge on any atom is -0.455 e. The molecule has 0 unspecified atom stereocenters. The molecule has 2 fully saturated rings. The normalized spacial score (nSPS) is 26.8. The van der Waals surface area contributed by atoms with Crippen LogP contribution in [0.3, 0.4) is 0 Å². The predicted molar refractivity (Wildman–Crippen MR) is 190 cm³/mol. The van der Waals surface area contributed by atoms with Gasteiger partial charge in [-0.25, -0.2) is 9.78 Å². The highest BCUT2D eigenvalue weighted by Gasteiger charge is 2.81. The first-order chi connectivity index (χ1) is 24.0. The van der Waals surface area contributed by atoms with Gasteiger partial charge in [-0.2, -0.15) is 0 Å². The maximum absolute atomic E-state index is 13.1. The highest BCUT2D eigenvalue weighted by Crippen LogP contribution is 2.54. The molecule has 0 saturated carbocycles. The SMILES string of the molecule is COC[C@H]1OC(=O)[C@@]12N(C)C(=O)[C@H](C)[C@@]2(O)[C@@H](C[C@@H](C)[C@@H](O)/C=C/C=C/CNC(=O)C(C)(C)[C@@H](O)\C(C)=C/C=C/C=C/Cc1cnc(C)o1)OC. The molecule has 0 aromatic carbocycles. The number of carbonyl (C=O) groups excluding carboxylic acids is 3. The van der Waals surface area contributed by atoms with Crippen LogP contribution in [0.5, 0.6) is 0 Å². The van der Waals surface area contributed by atoms with E-state index in [0.717, 1.165) is 5.76 Å². The van der Waals surface area contributed by atoms with E-state index in [1.54, 1.807) is 84.2 Å². The lowest BCUT2D eigenvalue weighted by atomic mass is 9.65. The van der Waals surface area contributed by atoms with Crippen LogP contribution in [0.25, 0.3) is 0 Å². The van der Waals surface area contributed by atoms with Gasteiger partial charge in [0.2, 0.25) is 17.4 Å². The number of nitrogens with zero attached hydrogens (tertiary/aromatic N) is 2. The number of aryl methyl sites for hydroxylation is 1. The molecule has 13 nitrogen and oxygen atoms in total. The van der Waals surface area contributed by atoms with Crippen molar-refractivity contribution < 1.29 is 48.3 Å². The fraction of sp³-hybridized carbons (Fsp3) is 0.579. The average molecular weight is 714 g/mol. The third kappa shape index (κ3) is 8.44. The number of esters is 1. The van der Waals surface area contributed by atoms with Gasteiger partial charge in [0.15, 0.2) is 12.0 Å². The molecular formula is C38H55N3O10. The van der Waals surface area contributed by atoms with E-state index < -0.39 is 64.7 Å². The van der Waals surface area contributed by atoms with Crippen LogP contribution >= 0.6 is 0 Å². The molecule has 0 aliphatic carbocycles. The van der Waals surface area contributed by atoms with Gasteiger partial charge >= 0.3 is 5.97 Å². The number of aliphatic hydroxyl groups excluding tert-OH is 2. The monoisotopic (exact) mass is 713 g/mol. The van der Waals surface area contributed by atoms with Gasteiger partial charge in [-0.1, -0.05) is 68.5 Å². The number of aromatic nitrogens is 1. The topological polar surface area (TPSA) is 181 Å². The van der Waals surface area contributed by atoms with Crippen molar-refractivity contribution in [2.75, 3.05) is 34.4 Å². The Kier molecular flexibility index (Phi) is 14.3. The van der Waals surface area contributed by atoms with Crippen LogP contribution < -0.4 is 5.32 Å². The van der Waals surface area contributed by atoms with Crippen LogP contribution in [0.1, 0.15) is 52.7 Å². The van der Waals surface area contributed by atoms with Crippen molar-refractivity contribution in [2.45, 2.75) is 89.9 Å². The first-order valence-electron chi connectivity index (χ1n) is 17.1. The van der Waals surface area contributed by atoms with E-state index in [1.807, 2.05) is 18.2 Å². The summed E-state index contributed by atoms with van der Waals surface area (Å²) >= 11 is 0. The molecule has 51 heavy (non-hydrogen) atoms. The van der Waals surface area contributed by atoms with Crippen molar-refractivity contribution in [3.8, 4) is 0 Å². The Hall–Kier alpha value is -3.88. The van der Waals surface area contributed by atoms with Crippen molar-refractivity contribution in [1.82, 2.24) is 15.2 Å². The zero-order chi connectivity index (χ0) is 38.1. The van der Waals surface area contributed by atoms with E-state index in [4.69, 9.17) is 18.6 Å². The summed E-state index contributed by atoms with van der Waals surface area (Å²) in [6.45, 7) is 10.4. The lowest BCUT2D eigenvalue weighted by molar-refractivity contribution is -0.264. The minimum absolute atomic E-state index is 0.0139. The van der Waals surface area contributed by atoms with E-state index in [9.17, 15) is 29.7 Å². The predicted octanol–water partition coefficient (Wildman–Crippen LogP) is 2.75. The van der Waals surface area contributed by atoms with E-state index >= 15 is 0 Å². The van der Waals surface area contributed by atoms with Crippen molar-refractivity contribution >= 4 is 17.8 Å². The number of cyclic esters (lactones) is 1. The number of carbonyl (C=O) groups is 3. The van der Waals surface area contributed by atoms with Crippen LogP contribution in [-0.2, 0) is 35.0 Å². The molecule has 1 aromatic rings. The second-order valence-electron chi connectivity index (χ2n) is 13.9. The fourth-order valence-electron chi connectivity index (χ4n) is 6.88. The van der Waals surface area contributed by atoms with Gasteiger partial charge < -0.3 is 44.2 Å². The Balaban J connectivity index is 1.52. The Labute approximate surface area is 300 Å². The van der Waals surface area contributed by atoms with Crippen LogP contribution in [0.15, 0.2) is 70.9 Å². The second-order valence-corrected chi connectivity index (χ2v) is 13.9. The third-order valence-corrected chi connectivity index (χ3v) is 10.1. The maximum Gasteiger partial charge on any atom is 0.339 e. The smallest absolute Gasteiger partial charge is 0.339 e. The van der Waals surface area contributed by atoms with Crippen LogP contribution in [0, 0.1) is 24.2 Å². The molecule has 2 amide bonds. The molecule has 3 rings (SSSR count). The Morgan fingerprint density at radius 2 is 1.84 bits per heavy atom. The second kappa shape index (κ2) is 17.6. The van der Waals surface area contributed by atoms with Gasteiger partial charge in [0.25, 0.3) is 0 Å². The largest absolute Gasteiger partial charge is 0.455 e. The van der Waals surface area contributed by atoms with Crippen LogP contribution in [0.2, 0.25) is 0 Å². The number of hydrogen-bond donors (Lipinski definition) is 4. The molecule has 8 atom stereocenters. The molecule has 0 radical (unpaired) electrons. The van der Waals surface area contributed by atoms with Crippen molar-refractivity contribution in [2.24, 2.45) is 17.3 Å². The molecule has 3 heterocycles. The lowest BCUT2D eigenvalue weighted by Gasteiger charge is -2.56. The summed E-state index contributed by atoms with van der Waals surface area (Å²) in [5, 5.41) is 36.8. The summed E-state index contributed by atoms with van der Waals surface area (Å²) in [4.78, 5) is 44.3. The highest BCUT2D eigenvalue weighted by atomic mass is 16.6.